The van der Waals surface area contributed by atoms with Crippen LogP contribution in [0.4, 0.5) is 5.82 Å². The summed E-state index contributed by atoms with van der Waals surface area (Å²) in [5.74, 6) is 5.43. The van der Waals surface area contributed by atoms with Gasteiger partial charge in [0.25, 0.3) is 0 Å². The molecule has 0 saturated heterocycles. The highest BCUT2D eigenvalue weighted by Crippen LogP contribution is 2.39. The van der Waals surface area contributed by atoms with Gasteiger partial charge in [0.1, 0.15) is 4.90 Å². The van der Waals surface area contributed by atoms with Crippen LogP contribution in [0.5, 0.6) is 0 Å². The van der Waals surface area contributed by atoms with Gasteiger partial charge >= 0.3 is 0 Å². The summed E-state index contributed by atoms with van der Waals surface area (Å²) in [6.45, 7) is 2.52. The van der Waals surface area contributed by atoms with E-state index in [1.165, 1.54) is 12.3 Å². The second-order valence-electron chi connectivity index (χ2n) is 5.13. The van der Waals surface area contributed by atoms with Crippen molar-refractivity contribution in [1.82, 2.24) is 9.71 Å². The summed E-state index contributed by atoms with van der Waals surface area (Å²) in [5, 5.41) is 0. The molecule has 2 rings (SSSR count). The maximum Gasteiger partial charge on any atom is 0.244 e. The minimum absolute atomic E-state index is 0.0484. The third-order valence-corrected chi connectivity index (χ3v) is 5.34. The molecule has 1 aromatic heterocycles. The average molecular weight is 349 g/mol. The number of hydrazine groups is 1. The summed E-state index contributed by atoms with van der Waals surface area (Å²) in [4.78, 5) is 3.99. The maximum atomic E-state index is 12.3. The molecule has 1 aromatic rings. The first-order chi connectivity index (χ1) is 8.86. The van der Waals surface area contributed by atoms with Crippen LogP contribution in [0.15, 0.2) is 21.6 Å². The predicted molar refractivity (Wildman–Crippen MR) is 76.9 cm³/mol. The van der Waals surface area contributed by atoms with E-state index < -0.39 is 10.0 Å². The Morgan fingerprint density at radius 3 is 2.74 bits per heavy atom. The number of nitrogen functional groups attached to an aromatic ring is 1. The normalized spacial score (nSPS) is 17.8. The smallest absolute Gasteiger partial charge is 0.244 e. The zero-order valence-electron chi connectivity index (χ0n) is 10.6. The molecule has 19 heavy (non-hydrogen) atoms. The molecule has 1 aliphatic carbocycles. The number of hydrogen-bond donors (Lipinski definition) is 3. The Kier molecular flexibility index (Phi) is 4.14. The standard InChI is InChI=1S/C11H17BrN4O2S/c1-11(3-2-4-11)7-15-19(17,18)9-5-8(12)6-14-10(9)16-13/h5-6,15H,2-4,7,13H2,1H3,(H,14,16). The van der Waals surface area contributed by atoms with Crippen LogP contribution < -0.4 is 16.0 Å². The molecule has 0 unspecified atom stereocenters. The van der Waals surface area contributed by atoms with Gasteiger partial charge in [-0.05, 0) is 40.3 Å². The van der Waals surface area contributed by atoms with E-state index in [-0.39, 0.29) is 16.1 Å². The number of nitrogens with zero attached hydrogens (tertiary/aromatic N) is 1. The SMILES string of the molecule is CC1(CNS(=O)(=O)c2cc(Br)cnc2NN)CCC1. The van der Waals surface area contributed by atoms with E-state index in [2.05, 4.69) is 38.0 Å². The molecular weight excluding hydrogens is 332 g/mol. The van der Waals surface area contributed by atoms with Gasteiger partial charge in [-0.1, -0.05) is 13.3 Å². The quantitative estimate of drug-likeness (QED) is 0.554. The molecule has 1 heterocycles. The number of nitrogens with one attached hydrogen (secondary N) is 2. The number of rotatable bonds is 5. The molecule has 8 heteroatoms. The zero-order chi connectivity index (χ0) is 14.1. The van der Waals surface area contributed by atoms with Crippen LogP contribution in [-0.4, -0.2) is 19.9 Å². The third-order valence-electron chi connectivity index (χ3n) is 3.50. The predicted octanol–water partition coefficient (Wildman–Crippen LogP) is 1.60. The lowest BCUT2D eigenvalue weighted by Gasteiger charge is -2.38. The van der Waals surface area contributed by atoms with E-state index in [0.717, 1.165) is 19.3 Å². The van der Waals surface area contributed by atoms with Crippen LogP contribution >= 0.6 is 15.9 Å². The lowest BCUT2D eigenvalue weighted by Crippen LogP contribution is -2.40. The molecular formula is C11H17BrN4O2S. The van der Waals surface area contributed by atoms with Crippen molar-refractivity contribution < 1.29 is 8.42 Å². The lowest BCUT2D eigenvalue weighted by atomic mass is 9.71. The second-order valence-corrected chi connectivity index (χ2v) is 7.78. The van der Waals surface area contributed by atoms with Crippen LogP contribution in [0.1, 0.15) is 26.2 Å². The summed E-state index contributed by atoms with van der Waals surface area (Å²) >= 11 is 3.21. The molecule has 0 aliphatic heterocycles. The third kappa shape index (κ3) is 3.25. The van der Waals surface area contributed by atoms with Crippen LogP contribution in [0.25, 0.3) is 0 Å². The summed E-state index contributed by atoms with van der Waals surface area (Å²) in [7, 11) is -3.62. The Morgan fingerprint density at radius 2 is 2.21 bits per heavy atom. The first kappa shape index (κ1) is 14.7. The van der Waals surface area contributed by atoms with Crippen LogP contribution in [0.3, 0.4) is 0 Å². The van der Waals surface area contributed by atoms with E-state index in [0.29, 0.717) is 11.0 Å². The number of pyridine rings is 1. The fourth-order valence-corrected chi connectivity index (χ4v) is 3.86. The fourth-order valence-electron chi connectivity index (χ4n) is 2.04. The number of anilines is 1. The van der Waals surface area contributed by atoms with Gasteiger partial charge in [0.05, 0.1) is 0 Å². The van der Waals surface area contributed by atoms with Crippen LogP contribution in [-0.2, 0) is 10.0 Å². The first-order valence-electron chi connectivity index (χ1n) is 5.98. The van der Waals surface area contributed by atoms with Gasteiger partial charge in [0, 0.05) is 17.2 Å². The fraction of sp³-hybridized carbons (Fsp3) is 0.545. The monoisotopic (exact) mass is 348 g/mol. The Morgan fingerprint density at radius 1 is 1.53 bits per heavy atom. The van der Waals surface area contributed by atoms with Gasteiger partial charge < -0.3 is 5.43 Å². The average Bonchev–Trinajstić information content (AvgIpc) is 2.34. The van der Waals surface area contributed by atoms with Crippen molar-refractivity contribution in [2.45, 2.75) is 31.1 Å². The molecule has 0 radical (unpaired) electrons. The van der Waals surface area contributed by atoms with E-state index in [9.17, 15) is 8.42 Å². The Bertz CT molecular complexity index is 572. The molecule has 0 amide bonds. The molecule has 0 bridgehead atoms. The highest BCUT2D eigenvalue weighted by molar-refractivity contribution is 9.10. The van der Waals surface area contributed by atoms with E-state index in [1.807, 2.05) is 0 Å². The van der Waals surface area contributed by atoms with E-state index >= 15 is 0 Å². The summed E-state index contributed by atoms with van der Waals surface area (Å²) in [5.41, 5.74) is 2.38. The molecule has 1 saturated carbocycles. The maximum absolute atomic E-state index is 12.3. The largest absolute Gasteiger partial charge is 0.307 e. The number of aromatic nitrogens is 1. The first-order valence-corrected chi connectivity index (χ1v) is 8.26. The number of sulfonamides is 1. The minimum atomic E-state index is -3.62. The van der Waals surface area contributed by atoms with Crippen molar-refractivity contribution in [1.29, 1.82) is 0 Å². The van der Waals surface area contributed by atoms with Crippen molar-refractivity contribution in [3.63, 3.8) is 0 Å². The topological polar surface area (TPSA) is 97.1 Å². The summed E-state index contributed by atoms with van der Waals surface area (Å²) in [6, 6.07) is 1.48. The van der Waals surface area contributed by atoms with Crippen LogP contribution in [0, 0.1) is 5.41 Å². The summed E-state index contributed by atoms with van der Waals surface area (Å²) < 4.78 is 27.8. The molecule has 1 aliphatic rings. The zero-order valence-corrected chi connectivity index (χ0v) is 13.0. The molecule has 6 nitrogen and oxygen atoms in total. The van der Waals surface area contributed by atoms with Gasteiger partial charge in [-0.25, -0.2) is 24.0 Å². The van der Waals surface area contributed by atoms with E-state index in [4.69, 9.17) is 5.84 Å². The van der Waals surface area contributed by atoms with Crippen LogP contribution in [0.2, 0.25) is 0 Å². The van der Waals surface area contributed by atoms with Gasteiger partial charge in [-0.15, -0.1) is 0 Å². The lowest BCUT2D eigenvalue weighted by molar-refractivity contribution is 0.166. The van der Waals surface area contributed by atoms with Crippen molar-refractivity contribution >= 4 is 31.8 Å². The molecule has 0 atom stereocenters. The minimum Gasteiger partial charge on any atom is -0.307 e. The van der Waals surface area contributed by atoms with Gasteiger partial charge in [-0.2, -0.15) is 0 Å². The molecule has 1 fully saturated rings. The van der Waals surface area contributed by atoms with Gasteiger partial charge in [-0.3, -0.25) is 0 Å². The number of nitrogens with two attached hydrogens (primary N) is 1. The molecule has 0 spiro atoms. The summed E-state index contributed by atoms with van der Waals surface area (Å²) in [6.07, 6.45) is 4.75. The van der Waals surface area contributed by atoms with Crippen molar-refractivity contribution in [2.24, 2.45) is 11.3 Å². The molecule has 4 N–H and O–H groups in total. The number of halogens is 1. The molecule has 0 aromatic carbocycles. The Hall–Kier alpha value is -0.700. The van der Waals surface area contributed by atoms with E-state index in [1.54, 1.807) is 0 Å². The highest BCUT2D eigenvalue weighted by Gasteiger charge is 2.33. The van der Waals surface area contributed by atoms with Crippen molar-refractivity contribution in [2.75, 3.05) is 12.0 Å². The van der Waals surface area contributed by atoms with Crippen molar-refractivity contribution in [3.8, 4) is 0 Å². The van der Waals surface area contributed by atoms with Gasteiger partial charge in [0.2, 0.25) is 10.0 Å². The number of hydrogen-bond acceptors (Lipinski definition) is 5. The van der Waals surface area contributed by atoms with Gasteiger partial charge in [0.15, 0.2) is 5.82 Å². The molecule has 106 valence electrons. The highest BCUT2D eigenvalue weighted by atomic mass is 79.9. The second kappa shape index (κ2) is 5.35. The Balaban J connectivity index is 2.21. The Labute approximate surface area is 121 Å². The van der Waals surface area contributed by atoms with Crippen molar-refractivity contribution in [3.05, 3.63) is 16.7 Å².